The molecule has 1 aromatic rings. The Morgan fingerprint density at radius 1 is 0.926 bits per heavy atom. The second kappa shape index (κ2) is 7.47. The maximum absolute atomic E-state index is 13.4. The number of carbonyl (C=O) groups is 1. The number of benzene rings is 1. The summed E-state index contributed by atoms with van der Waals surface area (Å²) in [6, 6.07) is 2.35. The van der Waals surface area contributed by atoms with Crippen LogP contribution < -0.4 is 10.6 Å². The third-order valence-electron chi connectivity index (χ3n) is 3.33. The van der Waals surface area contributed by atoms with Crippen molar-refractivity contribution < 1.29 is 44.3 Å². The molecule has 154 valence electrons. The Morgan fingerprint density at radius 3 is 1.81 bits per heavy atom. The van der Waals surface area contributed by atoms with E-state index in [4.69, 9.17) is 0 Å². The van der Waals surface area contributed by atoms with E-state index >= 15 is 0 Å². The fraction of sp³-hybridized carbons (Fsp3) is 0.533. The van der Waals surface area contributed by atoms with Crippen molar-refractivity contribution in [2.24, 2.45) is 5.92 Å². The topological polar surface area (TPSA) is 41.1 Å². The smallest absolute Gasteiger partial charge is 0.347 e. The molecule has 27 heavy (non-hydrogen) atoms. The van der Waals surface area contributed by atoms with Crippen molar-refractivity contribution in [3.63, 3.8) is 0 Å². The summed E-state index contributed by atoms with van der Waals surface area (Å²) in [6.07, 6.45) is -18.3. The first kappa shape index (κ1) is 22.9. The molecule has 0 bridgehead atoms. The molecule has 3 nitrogen and oxygen atoms in total. The molecule has 0 saturated carbocycles. The molecule has 0 aliphatic rings. The monoisotopic (exact) mass is 410 g/mol. The SMILES string of the molecule is CC(C)CC(=O)NC(Nc1ccccc1C(F)(F)F)(C(F)(F)F)C(F)(F)F. The van der Waals surface area contributed by atoms with Crippen molar-refractivity contribution in [1.29, 1.82) is 0 Å². The summed E-state index contributed by atoms with van der Waals surface area (Å²) in [5, 5.41) is 1.65. The van der Waals surface area contributed by atoms with Crippen molar-refractivity contribution in [3.8, 4) is 0 Å². The van der Waals surface area contributed by atoms with Crippen LogP contribution in [-0.2, 0) is 11.0 Å². The third-order valence-corrected chi connectivity index (χ3v) is 3.33. The van der Waals surface area contributed by atoms with E-state index in [1.54, 1.807) is 0 Å². The van der Waals surface area contributed by atoms with Crippen molar-refractivity contribution >= 4 is 11.6 Å². The lowest BCUT2D eigenvalue weighted by Gasteiger charge is -2.39. The number of anilines is 1. The van der Waals surface area contributed by atoms with Gasteiger partial charge < -0.3 is 10.6 Å². The van der Waals surface area contributed by atoms with Crippen molar-refractivity contribution in [3.05, 3.63) is 29.8 Å². The lowest BCUT2D eigenvalue weighted by molar-refractivity contribution is -0.296. The van der Waals surface area contributed by atoms with E-state index in [1.165, 1.54) is 13.8 Å². The van der Waals surface area contributed by atoms with E-state index in [0.717, 1.165) is 22.8 Å². The molecule has 2 N–H and O–H groups in total. The molecular weight excluding hydrogens is 395 g/mol. The highest BCUT2D eigenvalue weighted by Gasteiger charge is 2.72. The molecule has 0 unspecified atom stereocenters. The van der Waals surface area contributed by atoms with Crippen molar-refractivity contribution in [2.75, 3.05) is 5.32 Å². The van der Waals surface area contributed by atoms with Crippen LogP contribution in [0.4, 0.5) is 45.2 Å². The summed E-state index contributed by atoms with van der Waals surface area (Å²) in [5.74, 6) is -2.22. The fourth-order valence-electron chi connectivity index (χ4n) is 2.15. The standard InChI is InChI=1S/C15H15F9N2O/c1-8(2)7-11(27)26-13(14(19,20)21,15(22,23)24)25-10-6-4-3-5-9(10)12(16,17)18/h3-6,8,25H,7H2,1-2H3,(H,26,27). The Kier molecular flexibility index (Phi) is 6.33. The highest BCUT2D eigenvalue weighted by Crippen LogP contribution is 2.45. The number of amides is 1. The van der Waals surface area contributed by atoms with E-state index in [9.17, 15) is 44.3 Å². The van der Waals surface area contributed by atoms with Crippen LogP contribution in [0.3, 0.4) is 0 Å². The van der Waals surface area contributed by atoms with Gasteiger partial charge in [0.05, 0.1) is 5.56 Å². The molecule has 0 fully saturated rings. The van der Waals surface area contributed by atoms with Crippen LogP contribution in [-0.4, -0.2) is 23.9 Å². The number of para-hydroxylation sites is 1. The van der Waals surface area contributed by atoms with Crippen LogP contribution in [0.2, 0.25) is 0 Å². The summed E-state index contributed by atoms with van der Waals surface area (Å²) in [4.78, 5) is 11.7. The second-order valence-electron chi connectivity index (χ2n) is 6.06. The maximum Gasteiger partial charge on any atom is 0.439 e. The minimum atomic E-state index is -6.20. The van der Waals surface area contributed by atoms with Crippen molar-refractivity contribution in [1.82, 2.24) is 5.32 Å². The van der Waals surface area contributed by atoms with E-state index in [1.807, 2.05) is 0 Å². The van der Waals surface area contributed by atoms with Crippen LogP contribution in [0, 0.1) is 5.92 Å². The number of rotatable bonds is 5. The lowest BCUT2D eigenvalue weighted by atomic mass is 10.0. The number of hydrogen-bond acceptors (Lipinski definition) is 2. The van der Waals surface area contributed by atoms with Crippen molar-refractivity contribution in [2.45, 2.75) is 44.5 Å². The Balaban J connectivity index is 3.54. The minimum Gasteiger partial charge on any atom is -0.347 e. The first-order valence-electron chi connectivity index (χ1n) is 7.40. The molecule has 0 atom stereocenters. The molecule has 1 aromatic carbocycles. The van der Waals surface area contributed by atoms with Gasteiger partial charge in [0.1, 0.15) is 0 Å². The predicted molar refractivity (Wildman–Crippen MR) is 77.5 cm³/mol. The average Bonchev–Trinajstić information content (AvgIpc) is 2.42. The lowest BCUT2D eigenvalue weighted by Crippen LogP contribution is -2.72. The molecule has 0 heterocycles. The quantitative estimate of drug-likeness (QED) is 0.524. The summed E-state index contributed by atoms with van der Waals surface area (Å²) >= 11 is 0. The molecule has 0 saturated heterocycles. The highest BCUT2D eigenvalue weighted by atomic mass is 19.4. The van der Waals surface area contributed by atoms with E-state index in [0.29, 0.717) is 12.1 Å². The fourth-order valence-corrected chi connectivity index (χ4v) is 2.15. The largest absolute Gasteiger partial charge is 0.439 e. The van der Waals surface area contributed by atoms with E-state index in [2.05, 4.69) is 0 Å². The molecule has 0 aliphatic heterocycles. The van der Waals surface area contributed by atoms with Gasteiger partial charge in [0, 0.05) is 12.1 Å². The molecule has 1 rings (SSSR count). The Labute approximate surface area is 147 Å². The Hall–Kier alpha value is -2.14. The maximum atomic E-state index is 13.4. The van der Waals surface area contributed by atoms with E-state index < -0.39 is 53.7 Å². The minimum absolute atomic E-state index is 0.315. The van der Waals surface area contributed by atoms with Gasteiger partial charge >= 0.3 is 24.2 Å². The number of hydrogen-bond donors (Lipinski definition) is 2. The van der Waals surface area contributed by atoms with Crippen LogP contribution >= 0.6 is 0 Å². The van der Waals surface area contributed by atoms with Gasteiger partial charge in [-0.05, 0) is 18.1 Å². The molecule has 0 spiro atoms. The van der Waals surface area contributed by atoms with Gasteiger partial charge in [0.15, 0.2) is 0 Å². The first-order chi connectivity index (χ1) is 12.0. The summed E-state index contributed by atoms with van der Waals surface area (Å²) < 4.78 is 119. The highest BCUT2D eigenvalue weighted by molar-refractivity contribution is 5.78. The zero-order valence-corrected chi connectivity index (χ0v) is 13.9. The van der Waals surface area contributed by atoms with E-state index in [-0.39, 0.29) is 0 Å². The molecule has 0 radical (unpaired) electrons. The second-order valence-corrected chi connectivity index (χ2v) is 6.06. The average molecular weight is 410 g/mol. The predicted octanol–water partition coefficient (Wildman–Crippen LogP) is 5.10. The summed E-state index contributed by atoms with van der Waals surface area (Å²) in [7, 11) is 0. The Bertz CT molecular complexity index is 648. The van der Waals surface area contributed by atoms with Crippen LogP contribution in [0.1, 0.15) is 25.8 Å². The zero-order chi connectivity index (χ0) is 21.3. The van der Waals surface area contributed by atoms with Gasteiger partial charge in [0.25, 0.3) is 0 Å². The molecular formula is C15H15F9N2O. The number of carbonyl (C=O) groups excluding carboxylic acids is 1. The third kappa shape index (κ3) is 5.19. The zero-order valence-electron chi connectivity index (χ0n) is 13.9. The number of halogens is 9. The Morgan fingerprint density at radius 2 is 1.41 bits per heavy atom. The van der Waals surface area contributed by atoms with Gasteiger partial charge in [0.2, 0.25) is 5.91 Å². The molecule has 0 aromatic heterocycles. The summed E-state index contributed by atoms with van der Waals surface area (Å²) in [6.45, 7) is 2.74. The van der Waals surface area contributed by atoms with Gasteiger partial charge in [-0.1, -0.05) is 26.0 Å². The van der Waals surface area contributed by atoms with Crippen LogP contribution in [0.5, 0.6) is 0 Å². The van der Waals surface area contributed by atoms with Gasteiger partial charge in [-0.15, -0.1) is 0 Å². The summed E-state index contributed by atoms with van der Waals surface area (Å²) in [5.41, 5.74) is -8.33. The number of alkyl halides is 9. The van der Waals surface area contributed by atoms with Crippen LogP contribution in [0.15, 0.2) is 24.3 Å². The number of nitrogens with one attached hydrogen (secondary N) is 2. The molecule has 12 heteroatoms. The molecule has 0 aliphatic carbocycles. The van der Waals surface area contributed by atoms with Crippen LogP contribution in [0.25, 0.3) is 0 Å². The molecule has 1 amide bonds. The first-order valence-corrected chi connectivity index (χ1v) is 7.40. The van der Waals surface area contributed by atoms with Gasteiger partial charge in [-0.2, -0.15) is 39.5 Å². The van der Waals surface area contributed by atoms with Gasteiger partial charge in [-0.3, -0.25) is 4.79 Å². The van der Waals surface area contributed by atoms with Gasteiger partial charge in [-0.25, -0.2) is 0 Å². The normalized spacial score (nSPS) is 13.6.